The van der Waals surface area contributed by atoms with Gasteiger partial charge in [-0.15, -0.1) is 0 Å². The minimum Gasteiger partial charge on any atom is -0.497 e. The van der Waals surface area contributed by atoms with Crippen LogP contribution in [0.4, 0.5) is 0 Å². The molecule has 2 aromatic heterocycles. The summed E-state index contributed by atoms with van der Waals surface area (Å²) in [5.41, 5.74) is 3.59. The standard InChI is InChI=1S/C25H26N4O2/c1-31-19-12-13-22-20(14-19)25-21(15-26-22)24(17-8-4-2-5-9-17)28-29(25)16-23(30)27-18-10-6-3-7-11-18/h2,4-5,8-9,12-15,18H,3,6-7,10-11,16H2,1H3,(H,27,30). The number of nitrogens with one attached hydrogen (secondary N) is 1. The number of ether oxygens (including phenoxy) is 1. The van der Waals surface area contributed by atoms with Crippen LogP contribution in [0, 0.1) is 0 Å². The summed E-state index contributed by atoms with van der Waals surface area (Å²) in [6, 6.07) is 16.1. The largest absolute Gasteiger partial charge is 0.497 e. The maximum absolute atomic E-state index is 12.9. The van der Waals surface area contributed by atoms with Gasteiger partial charge in [0.05, 0.1) is 18.1 Å². The maximum atomic E-state index is 12.9. The van der Waals surface area contributed by atoms with E-state index in [1.165, 1.54) is 19.3 Å². The zero-order valence-electron chi connectivity index (χ0n) is 17.7. The number of hydrogen-bond donors (Lipinski definition) is 1. The van der Waals surface area contributed by atoms with Crippen LogP contribution in [0.5, 0.6) is 5.75 Å². The molecule has 0 atom stereocenters. The summed E-state index contributed by atoms with van der Waals surface area (Å²) in [4.78, 5) is 17.6. The molecule has 158 valence electrons. The molecule has 31 heavy (non-hydrogen) atoms. The first-order chi connectivity index (χ1) is 15.2. The molecule has 2 heterocycles. The molecule has 0 spiro atoms. The van der Waals surface area contributed by atoms with Crippen molar-refractivity contribution in [1.29, 1.82) is 0 Å². The van der Waals surface area contributed by atoms with Gasteiger partial charge in [-0.05, 0) is 31.0 Å². The first-order valence-corrected chi connectivity index (χ1v) is 10.9. The predicted octanol–water partition coefficient (Wildman–Crippen LogP) is 4.71. The lowest BCUT2D eigenvalue weighted by molar-refractivity contribution is -0.122. The van der Waals surface area contributed by atoms with Crippen LogP contribution in [-0.4, -0.2) is 33.8 Å². The van der Waals surface area contributed by atoms with Crippen molar-refractivity contribution in [3.63, 3.8) is 0 Å². The number of methoxy groups -OCH3 is 1. The van der Waals surface area contributed by atoms with Crippen molar-refractivity contribution in [3.05, 3.63) is 54.7 Å². The highest BCUT2D eigenvalue weighted by atomic mass is 16.5. The minimum absolute atomic E-state index is 0.00349. The van der Waals surface area contributed by atoms with Crippen LogP contribution in [-0.2, 0) is 11.3 Å². The number of hydrogen-bond acceptors (Lipinski definition) is 4. The third-order valence-corrected chi connectivity index (χ3v) is 6.09. The number of rotatable bonds is 5. The second kappa shape index (κ2) is 8.38. The number of pyridine rings is 1. The quantitative estimate of drug-likeness (QED) is 0.514. The summed E-state index contributed by atoms with van der Waals surface area (Å²) >= 11 is 0. The molecule has 1 aliphatic carbocycles. The average molecular weight is 415 g/mol. The van der Waals surface area contributed by atoms with E-state index in [9.17, 15) is 4.79 Å². The lowest BCUT2D eigenvalue weighted by Gasteiger charge is -2.22. The van der Waals surface area contributed by atoms with E-state index in [4.69, 9.17) is 9.84 Å². The fourth-order valence-corrected chi connectivity index (χ4v) is 4.54. The number of carbonyl (C=O) groups excluding carboxylic acids is 1. The van der Waals surface area contributed by atoms with E-state index in [2.05, 4.69) is 10.3 Å². The number of carbonyl (C=O) groups is 1. The fraction of sp³-hybridized carbons (Fsp3) is 0.320. The highest BCUT2D eigenvalue weighted by molar-refractivity contribution is 6.08. The Kier molecular flexibility index (Phi) is 5.28. The van der Waals surface area contributed by atoms with E-state index in [1.807, 2.05) is 59.4 Å². The second-order valence-corrected chi connectivity index (χ2v) is 8.18. The van der Waals surface area contributed by atoms with Crippen molar-refractivity contribution in [1.82, 2.24) is 20.1 Å². The van der Waals surface area contributed by atoms with Crippen LogP contribution < -0.4 is 10.1 Å². The van der Waals surface area contributed by atoms with Crippen molar-refractivity contribution in [2.24, 2.45) is 0 Å². The molecule has 1 fully saturated rings. The molecule has 1 aliphatic rings. The lowest BCUT2D eigenvalue weighted by Crippen LogP contribution is -2.38. The van der Waals surface area contributed by atoms with Gasteiger partial charge in [0.2, 0.25) is 5.91 Å². The maximum Gasteiger partial charge on any atom is 0.241 e. The van der Waals surface area contributed by atoms with Crippen LogP contribution in [0.1, 0.15) is 32.1 Å². The Balaban J connectivity index is 1.61. The molecule has 1 amide bonds. The molecule has 0 saturated heterocycles. The summed E-state index contributed by atoms with van der Waals surface area (Å²) in [6.07, 6.45) is 7.61. The minimum atomic E-state index is 0.00349. The Morgan fingerprint density at radius 2 is 1.90 bits per heavy atom. The molecule has 0 radical (unpaired) electrons. The number of aromatic nitrogens is 3. The first-order valence-electron chi connectivity index (χ1n) is 10.9. The number of benzene rings is 2. The van der Waals surface area contributed by atoms with E-state index in [0.717, 1.165) is 51.7 Å². The van der Waals surface area contributed by atoms with Crippen LogP contribution in [0.25, 0.3) is 33.1 Å². The topological polar surface area (TPSA) is 69.0 Å². The van der Waals surface area contributed by atoms with Gasteiger partial charge in [-0.1, -0.05) is 49.6 Å². The predicted molar refractivity (Wildman–Crippen MR) is 122 cm³/mol. The zero-order chi connectivity index (χ0) is 21.2. The molecule has 1 N–H and O–H groups in total. The van der Waals surface area contributed by atoms with Gasteiger partial charge >= 0.3 is 0 Å². The van der Waals surface area contributed by atoms with Gasteiger partial charge in [-0.25, -0.2) is 0 Å². The van der Waals surface area contributed by atoms with Crippen molar-refractivity contribution in [2.45, 2.75) is 44.7 Å². The van der Waals surface area contributed by atoms with Gasteiger partial charge in [-0.3, -0.25) is 14.5 Å². The van der Waals surface area contributed by atoms with Gasteiger partial charge in [0, 0.05) is 28.6 Å². The van der Waals surface area contributed by atoms with Crippen LogP contribution in [0.15, 0.2) is 54.7 Å². The molecule has 0 aliphatic heterocycles. The van der Waals surface area contributed by atoms with E-state index in [0.29, 0.717) is 0 Å². The van der Waals surface area contributed by atoms with E-state index in [1.54, 1.807) is 7.11 Å². The highest BCUT2D eigenvalue weighted by Crippen LogP contribution is 2.33. The Labute approximate surface area is 181 Å². The number of amides is 1. The van der Waals surface area contributed by atoms with E-state index in [-0.39, 0.29) is 18.5 Å². The third-order valence-electron chi connectivity index (χ3n) is 6.09. The van der Waals surface area contributed by atoms with Gasteiger partial charge in [0.1, 0.15) is 18.0 Å². The summed E-state index contributed by atoms with van der Waals surface area (Å²) < 4.78 is 7.27. The molecule has 5 rings (SSSR count). The molecule has 6 heteroatoms. The van der Waals surface area contributed by atoms with Gasteiger partial charge < -0.3 is 10.1 Å². The Morgan fingerprint density at radius 3 is 2.68 bits per heavy atom. The Hall–Kier alpha value is -3.41. The molecule has 6 nitrogen and oxygen atoms in total. The average Bonchev–Trinajstić information content (AvgIpc) is 3.18. The number of nitrogens with zero attached hydrogens (tertiary/aromatic N) is 3. The van der Waals surface area contributed by atoms with Crippen molar-refractivity contribution < 1.29 is 9.53 Å². The van der Waals surface area contributed by atoms with Gasteiger partial charge in [0.25, 0.3) is 0 Å². The van der Waals surface area contributed by atoms with Crippen LogP contribution >= 0.6 is 0 Å². The van der Waals surface area contributed by atoms with E-state index < -0.39 is 0 Å². The molecule has 4 aromatic rings. The summed E-state index contributed by atoms with van der Waals surface area (Å²) in [5.74, 6) is 0.756. The molecule has 0 unspecified atom stereocenters. The SMILES string of the molecule is COc1ccc2ncc3c(-c4ccccc4)nn(CC(=O)NC4CCCCC4)c3c2c1. The highest BCUT2D eigenvalue weighted by Gasteiger charge is 2.20. The van der Waals surface area contributed by atoms with Gasteiger partial charge in [-0.2, -0.15) is 5.10 Å². The normalized spacial score (nSPS) is 14.7. The Bertz CT molecular complexity index is 1230. The fourth-order valence-electron chi connectivity index (χ4n) is 4.54. The third kappa shape index (κ3) is 3.85. The van der Waals surface area contributed by atoms with E-state index >= 15 is 0 Å². The van der Waals surface area contributed by atoms with Crippen molar-refractivity contribution >= 4 is 27.7 Å². The smallest absolute Gasteiger partial charge is 0.241 e. The van der Waals surface area contributed by atoms with Crippen LogP contribution in [0.3, 0.4) is 0 Å². The lowest BCUT2D eigenvalue weighted by atomic mass is 9.95. The second-order valence-electron chi connectivity index (χ2n) is 8.18. The summed E-state index contributed by atoms with van der Waals surface area (Å²) in [5, 5.41) is 9.94. The van der Waals surface area contributed by atoms with Gasteiger partial charge in [0.15, 0.2) is 0 Å². The summed E-state index contributed by atoms with van der Waals surface area (Å²) in [7, 11) is 1.65. The monoisotopic (exact) mass is 414 g/mol. The van der Waals surface area contributed by atoms with Crippen molar-refractivity contribution in [2.75, 3.05) is 7.11 Å². The first kappa shape index (κ1) is 19.5. The van der Waals surface area contributed by atoms with Crippen molar-refractivity contribution in [3.8, 4) is 17.0 Å². The molecular weight excluding hydrogens is 388 g/mol. The Morgan fingerprint density at radius 1 is 1.10 bits per heavy atom. The molecule has 1 saturated carbocycles. The molecule has 0 bridgehead atoms. The van der Waals surface area contributed by atoms with Crippen LogP contribution in [0.2, 0.25) is 0 Å². The molecular formula is C25H26N4O2. The molecule has 2 aromatic carbocycles. The zero-order valence-corrected chi connectivity index (χ0v) is 17.7. The number of fused-ring (bicyclic) bond motifs is 3. The summed E-state index contributed by atoms with van der Waals surface area (Å²) in [6.45, 7) is 0.177.